The summed E-state index contributed by atoms with van der Waals surface area (Å²) in [6.45, 7) is 0. The van der Waals surface area contributed by atoms with Crippen molar-refractivity contribution in [2.24, 2.45) is 0 Å². The van der Waals surface area contributed by atoms with E-state index >= 15 is 0 Å². The predicted molar refractivity (Wildman–Crippen MR) is 63.4 cm³/mol. The Morgan fingerprint density at radius 3 is 2.71 bits per heavy atom. The minimum absolute atomic E-state index is 0.0325. The number of halogens is 3. The molecule has 0 unspecified atom stereocenters. The van der Waals surface area contributed by atoms with Gasteiger partial charge in [0.25, 0.3) is 0 Å². The number of nitrogen functional groups attached to an aromatic ring is 1. The second-order valence-corrected chi connectivity index (χ2v) is 4.18. The predicted octanol–water partition coefficient (Wildman–Crippen LogP) is 2.80. The molecule has 0 bridgehead atoms. The molecule has 1 heterocycles. The second kappa shape index (κ2) is 4.80. The van der Waals surface area contributed by atoms with Gasteiger partial charge in [0, 0.05) is 4.47 Å². The van der Waals surface area contributed by atoms with Crippen LogP contribution in [0.15, 0.2) is 22.7 Å². The fourth-order valence-electron chi connectivity index (χ4n) is 1.05. The van der Waals surface area contributed by atoms with Crippen LogP contribution in [0.25, 0.3) is 0 Å². The lowest BCUT2D eigenvalue weighted by Gasteiger charge is -2.05. The molecule has 0 fully saturated rings. The maximum atomic E-state index is 13.4. The van der Waals surface area contributed by atoms with Gasteiger partial charge in [-0.05, 0) is 29.8 Å². The molecule has 88 valence electrons. The molecular formula is C9H5BrClFN4O. The summed E-state index contributed by atoms with van der Waals surface area (Å²) < 4.78 is 19.1. The van der Waals surface area contributed by atoms with Crippen LogP contribution in [0.2, 0.25) is 5.28 Å². The Hall–Kier alpha value is -1.47. The maximum absolute atomic E-state index is 13.4. The number of benzene rings is 1. The number of hydrogen-bond acceptors (Lipinski definition) is 5. The molecule has 0 aliphatic heterocycles. The summed E-state index contributed by atoms with van der Waals surface area (Å²) in [6.07, 6.45) is 0. The first-order chi connectivity index (χ1) is 8.04. The van der Waals surface area contributed by atoms with Gasteiger partial charge in [-0.2, -0.15) is 15.0 Å². The van der Waals surface area contributed by atoms with Gasteiger partial charge in [0.15, 0.2) is 11.6 Å². The highest BCUT2D eigenvalue weighted by Gasteiger charge is 2.09. The quantitative estimate of drug-likeness (QED) is 0.921. The highest BCUT2D eigenvalue weighted by atomic mass is 79.9. The highest BCUT2D eigenvalue weighted by Crippen LogP contribution is 2.25. The van der Waals surface area contributed by atoms with Gasteiger partial charge < -0.3 is 10.5 Å². The van der Waals surface area contributed by atoms with Gasteiger partial charge in [-0.3, -0.25) is 0 Å². The molecule has 0 aliphatic carbocycles. The van der Waals surface area contributed by atoms with E-state index in [1.54, 1.807) is 6.07 Å². The van der Waals surface area contributed by atoms with Crippen LogP contribution < -0.4 is 10.5 Å². The largest absolute Gasteiger partial charge is 0.421 e. The topological polar surface area (TPSA) is 73.9 Å². The Balaban J connectivity index is 2.31. The third kappa shape index (κ3) is 3.01. The molecule has 1 aromatic carbocycles. The van der Waals surface area contributed by atoms with Crippen molar-refractivity contribution >= 4 is 33.5 Å². The highest BCUT2D eigenvalue weighted by molar-refractivity contribution is 9.10. The summed E-state index contributed by atoms with van der Waals surface area (Å²) in [5.41, 5.74) is 5.35. The van der Waals surface area contributed by atoms with Crippen molar-refractivity contribution in [1.82, 2.24) is 15.0 Å². The van der Waals surface area contributed by atoms with Crippen LogP contribution in [-0.2, 0) is 0 Å². The molecule has 0 spiro atoms. The van der Waals surface area contributed by atoms with Crippen LogP contribution in [0.5, 0.6) is 11.8 Å². The molecule has 0 radical (unpaired) electrons. The van der Waals surface area contributed by atoms with Gasteiger partial charge in [0.05, 0.1) is 0 Å². The van der Waals surface area contributed by atoms with E-state index in [-0.39, 0.29) is 23.0 Å². The van der Waals surface area contributed by atoms with Gasteiger partial charge in [0.1, 0.15) is 0 Å². The van der Waals surface area contributed by atoms with E-state index in [0.717, 1.165) is 0 Å². The SMILES string of the molecule is Nc1nc(Cl)nc(Oc2ccc(Br)cc2F)n1. The molecule has 0 saturated heterocycles. The molecule has 0 aliphatic rings. The molecule has 2 aromatic rings. The van der Waals surface area contributed by atoms with Gasteiger partial charge >= 0.3 is 6.01 Å². The first-order valence-corrected chi connectivity index (χ1v) is 5.51. The summed E-state index contributed by atoms with van der Waals surface area (Å²) in [5, 5.41) is -0.120. The van der Waals surface area contributed by atoms with E-state index in [4.69, 9.17) is 22.1 Å². The second-order valence-electron chi connectivity index (χ2n) is 2.92. The number of rotatable bonds is 2. The fourth-order valence-corrected chi connectivity index (χ4v) is 1.54. The first kappa shape index (κ1) is 12.0. The van der Waals surface area contributed by atoms with Crippen LogP contribution >= 0.6 is 27.5 Å². The zero-order chi connectivity index (χ0) is 12.4. The maximum Gasteiger partial charge on any atom is 0.328 e. The van der Waals surface area contributed by atoms with Crippen molar-refractivity contribution < 1.29 is 9.13 Å². The Morgan fingerprint density at radius 1 is 1.29 bits per heavy atom. The number of aromatic nitrogens is 3. The van der Waals surface area contributed by atoms with E-state index in [2.05, 4.69) is 30.9 Å². The van der Waals surface area contributed by atoms with E-state index < -0.39 is 5.82 Å². The van der Waals surface area contributed by atoms with Crippen LogP contribution in [0.1, 0.15) is 0 Å². The molecule has 17 heavy (non-hydrogen) atoms. The Morgan fingerprint density at radius 2 is 2.06 bits per heavy atom. The number of nitrogens with zero attached hydrogens (tertiary/aromatic N) is 3. The lowest BCUT2D eigenvalue weighted by atomic mass is 10.3. The van der Waals surface area contributed by atoms with Gasteiger partial charge in [-0.1, -0.05) is 15.9 Å². The van der Waals surface area contributed by atoms with Crippen molar-refractivity contribution in [2.75, 3.05) is 5.73 Å². The van der Waals surface area contributed by atoms with Crippen molar-refractivity contribution in [3.8, 4) is 11.8 Å². The summed E-state index contributed by atoms with van der Waals surface area (Å²) in [4.78, 5) is 10.9. The summed E-state index contributed by atoms with van der Waals surface area (Å²) in [7, 11) is 0. The molecule has 0 amide bonds. The average Bonchev–Trinajstić information content (AvgIpc) is 2.21. The van der Waals surface area contributed by atoms with E-state index in [1.807, 2.05) is 0 Å². The van der Waals surface area contributed by atoms with Gasteiger partial charge in [-0.15, -0.1) is 0 Å². The monoisotopic (exact) mass is 318 g/mol. The number of ether oxygens (including phenoxy) is 1. The minimum Gasteiger partial charge on any atom is -0.421 e. The normalized spacial score (nSPS) is 10.3. The summed E-state index contributed by atoms with van der Waals surface area (Å²) >= 11 is 8.68. The zero-order valence-electron chi connectivity index (χ0n) is 8.19. The molecule has 0 saturated carbocycles. The van der Waals surface area contributed by atoms with E-state index in [0.29, 0.717) is 4.47 Å². The zero-order valence-corrected chi connectivity index (χ0v) is 10.5. The minimum atomic E-state index is -0.561. The van der Waals surface area contributed by atoms with Crippen molar-refractivity contribution in [3.63, 3.8) is 0 Å². The molecule has 2 rings (SSSR count). The standard InChI is InChI=1S/C9H5BrClFN4O/c10-4-1-2-6(5(12)3-4)17-9-15-7(11)14-8(13)16-9/h1-3H,(H2,13,14,15,16). The summed E-state index contributed by atoms with van der Waals surface area (Å²) in [6, 6.07) is 4.13. The van der Waals surface area contributed by atoms with Crippen molar-refractivity contribution in [3.05, 3.63) is 33.8 Å². The first-order valence-electron chi connectivity index (χ1n) is 4.34. The molecule has 5 nitrogen and oxygen atoms in total. The average molecular weight is 320 g/mol. The lowest BCUT2D eigenvalue weighted by molar-refractivity contribution is 0.410. The molecule has 0 atom stereocenters. The molecule has 1 aromatic heterocycles. The summed E-state index contributed by atoms with van der Waals surface area (Å²) in [5.74, 6) is -0.693. The number of hydrogen-bond donors (Lipinski definition) is 1. The third-order valence-corrected chi connectivity index (χ3v) is 2.36. The number of anilines is 1. The van der Waals surface area contributed by atoms with Gasteiger partial charge in [-0.25, -0.2) is 4.39 Å². The molecular weight excluding hydrogens is 314 g/mol. The van der Waals surface area contributed by atoms with Gasteiger partial charge in [0.2, 0.25) is 11.2 Å². The lowest BCUT2D eigenvalue weighted by Crippen LogP contribution is -2.01. The third-order valence-electron chi connectivity index (χ3n) is 1.70. The molecule has 2 N–H and O–H groups in total. The Labute approximate surface area is 109 Å². The van der Waals surface area contributed by atoms with Crippen LogP contribution in [0.3, 0.4) is 0 Å². The van der Waals surface area contributed by atoms with Crippen LogP contribution in [0.4, 0.5) is 10.3 Å². The smallest absolute Gasteiger partial charge is 0.328 e. The van der Waals surface area contributed by atoms with E-state index in [1.165, 1.54) is 12.1 Å². The van der Waals surface area contributed by atoms with Crippen molar-refractivity contribution in [1.29, 1.82) is 0 Å². The van der Waals surface area contributed by atoms with Crippen molar-refractivity contribution in [2.45, 2.75) is 0 Å². The van der Waals surface area contributed by atoms with Crippen LogP contribution in [-0.4, -0.2) is 15.0 Å². The Kier molecular flexibility index (Phi) is 3.39. The van der Waals surface area contributed by atoms with Crippen LogP contribution in [0, 0.1) is 5.82 Å². The Bertz CT molecular complexity index is 548. The number of nitrogens with two attached hydrogens (primary N) is 1. The molecule has 8 heteroatoms. The fraction of sp³-hybridized carbons (Fsp3) is 0. The van der Waals surface area contributed by atoms with E-state index in [9.17, 15) is 4.39 Å².